The summed E-state index contributed by atoms with van der Waals surface area (Å²) >= 11 is 0.128. The van der Waals surface area contributed by atoms with Crippen LogP contribution in [0, 0.1) is 0 Å². The first-order valence-corrected chi connectivity index (χ1v) is 22.4. The maximum absolute atomic E-state index is 2.57. The fourth-order valence-electron chi connectivity index (χ4n) is 5.73. The molecule has 0 aromatic carbocycles. The summed E-state index contributed by atoms with van der Waals surface area (Å²) in [6, 6.07) is 0. The van der Waals surface area contributed by atoms with Gasteiger partial charge in [0, 0.05) is 0 Å². The molecule has 178 valence electrons. The van der Waals surface area contributed by atoms with Crippen molar-refractivity contribution in [1.82, 2.24) is 0 Å². The molecular weight excluding hydrogens is 487 g/mol. The predicted octanol–water partition coefficient (Wildman–Crippen LogP) is 11.1. The van der Waals surface area contributed by atoms with Crippen molar-refractivity contribution in [3.8, 4) is 0 Å². The van der Waals surface area contributed by atoms with E-state index in [0.717, 1.165) is 0 Å². The van der Waals surface area contributed by atoms with Crippen LogP contribution in [0.4, 0.5) is 0 Å². The van der Waals surface area contributed by atoms with Gasteiger partial charge in [-0.2, -0.15) is 0 Å². The topological polar surface area (TPSA) is 0 Å². The maximum atomic E-state index is 2.57. The van der Waals surface area contributed by atoms with E-state index in [1.54, 1.807) is 19.7 Å². The molecule has 1 aliphatic heterocycles. The van der Waals surface area contributed by atoms with Gasteiger partial charge in [0.05, 0.1) is 0 Å². The molecule has 0 aromatic heterocycles. The molecule has 0 radical (unpaired) electrons. The second-order valence-electron chi connectivity index (χ2n) is 10.2. The van der Waals surface area contributed by atoms with Crippen LogP contribution in [-0.4, -0.2) is 21.1 Å². The zero-order chi connectivity index (χ0) is 22.0. The normalized spacial score (nSPS) is 19.1. The monoisotopic (exact) mass is 544 g/mol. The molecule has 0 aromatic rings. The van der Waals surface area contributed by atoms with Crippen LogP contribution in [0.15, 0.2) is 11.5 Å². The average molecular weight is 544 g/mol. The van der Waals surface area contributed by atoms with Gasteiger partial charge in [-0.15, -0.1) is 0 Å². The molecule has 0 saturated heterocycles. The summed E-state index contributed by atoms with van der Waals surface area (Å²) in [5.41, 5.74) is 0. The van der Waals surface area contributed by atoms with Crippen molar-refractivity contribution in [1.29, 1.82) is 0 Å². The van der Waals surface area contributed by atoms with Gasteiger partial charge in [-0.05, 0) is 0 Å². The fraction of sp³-hybridized carbons (Fsp3) is 0.929. The minimum absolute atomic E-state index is 0.717. The van der Waals surface area contributed by atoms with Gasteiger partial charge in [0.15, 0.2) is 0 Å². The van der Waals surface area contributed by atoms with E-state index in [1.807, 2.05) is 0 Å². The number of rotatable bonds is 21. The number of thioether (sulfide) groups is 1. The summed E-state index contributed by atoms with van der Waals surface area (Å²) in [7, 11) is 0. The summed E-state index contributed by atoms with van der Waals surface area (Å²) in [5.74, 6) is 0. The minimum atomic E-state index is -2.21. The molecule has 1 rings (SSSR count). The number of hydrogen-bond acceptors (Lipinski definition) is 1. The number of hydrogen-bond donors (Lipinski definition) is 0. The molecule has 2 heteroatoms. The van der Waals surface area contributed by atoms with Gasteiger partial charge in [0.2, 0.25) is 0 Å². The molecule has 0 saturated carbocycles. The van der Waals surface area contributed by atoms with E-state index < -0.39 is 18.4 Å². The molecule has 0 amide bonds. The molecule has 0 nitrogen and oxygen atoms in total. The Labute approximate surface area is 200 Å². The molecule has 0 fully saturated rings. The zero-order valence-corrected chi connectivity index (χ0v) is 25.1. The summed E-state index contributed by atoms with van der Waals surface area (Å²) in [5, 5.41) is 2.52. The molecule has 0 spiro atoms. The number of allylic oxidation sites excluding steroid dienone is 1. The molecule has 1 atom stereocenters. The van der Waals surface area contributed by atoms with Crippen molar-refractivity contribution in [2.45, 2.75) is 159 Å². The van der Waals surface area contributed by atoms with Crippen LogP contribution < -0.4 is 0 Å². The van der Waals surface area contributed by atoms with E-state index >= 15 is 0 Å². The second-order valence-corrected chi connectivity index (χ2v) is 26.9. The Morgan fingerprint density at radius 2 is 1.03 bits per heavy atom. The van der Waals surface area contributed by atoms with Crippen molar-refractivity contribution >= 4 is 30.1 Å². The third kappa shape index (κ3) is 10.2. The molecule has 30 heavy (non-hydrogen) atoms. The van der Waals surface area contributed by atoms with Crippen molar-refractivity contribution < 1.29 is 0 Å². The van der Waals surface area contributed by atoms with Crippen LogP contribution >= 0.6 is 11.8 Å². The van der Waals surface area contributed by atoms with Crippen LogP contribution in [-0.2, 0) is 0 Å². The van der Waals surface area contributed by atoms with Crippen molar-refractivity contribution in [2.24, 2.45) is 0 Å². The Morgan fingerprint density at radius 1 is 0.600 bits per heavy atom. The van der Waals surface area contributed by atoms with Gasteiger partial charge in [0.25, 0.3) is 0 Å². The third-order valence-corrected chi connectivity index (χ3v) is 30.9. The Morgan fingerprint density at radius 3 is 1.43 bits per heavy atom. The molecular formula is C28H56SSn. The molecule has 1 unspecified atom stereocenters. The van der Waals surface area contributed by atoms with E-state index in [9.17, 15) is 0 Å². The first kappa shape index (κ1) is 28.9. The first-order valence-electron chi connectivity index (χ1n) is 14.0. The SMILES string of the molecule is CCCCCCCCCCCC[C]1([Sn]([CH2]CCC)([CH2]CCC)[CH2]CCC)CC=CS1. The third-order valence-electron chi connectivity index (χ3n) is 7.76. The Bertz CT molecular complexity index is 387. The first-order chi connectivity index (χ1) is 14.7. The fourth-order valence-corrected chi connectivity index (χ4v) is 30.1. The second kappa shape index (κ2) is 18.3. The van der Waals surface area contributed by atoms with Gasteiger partial charge < -0.3 is 0 Å². The van der Waals surface area contributed by atoms with Crippen LogP contribution in [0.5, 0.6) is 0 Å². The van der Waals surface area contributed by atoms with Gasteiger partial charge in [-0.25, -0.2) is 0 Å². The Kier molecular flexibility index (Phi) is 17.7. The summed E-state index contributed by atoms with van der Waals surface area (Å²) in [6.07, 6.45) is 29.0. The van der Waals surface area contributed by atoms with Gasteiger partial charge in [0.1, 0.15) is 0 Å². The average Bonchev–Trinajstić information content (AvgIpc) is 3.25. The molecule has 0 bridgehead atoms. The van der Waals surface area contributed by atoms with E-state index in [-0.39, 0.29) is 0 Å². The zero-order valence-electron chi connectivity index (χ0n) is 21.4. The van der Waals surface area contributed by atoms with Crippen LogP contribution in [0.25, 0.3) is 0 Å². The van der Waals surface area contributed by atoms with Crippen molar-refractivity contribution in [3.63, 3.8) is 0 Å². The van der Waals surface area contributed by atoms with E-state index in [2.05, 4.69) is 50.9 Å². The van der Waals surface area contributed by atoms with Gasteiger partial charge in [-0.3, -0.25) is 0 Å². The van der Waals surface area contributed by atoms with E-state index in [0.29, 0.717) is 2.76 Å². The molecule has 1 aliphatic rings. The molecule has 1 heterocycles. The quantitative estimate of drug-likeness (QED) is 0.103. The van der Waals surface area contributed by atoms with Gasteiger partial charge in [-0.1, -0.05) is 6.92 Å². The van der Waals surface area contributed by atoms with Gasteiger partial charge >= 0.3 is 194 Å². The van der Waals surface area contributed by atoms with Crippen LogP contribution in [0.2, 0.25) is 13.3 Å². The number of unbranched alkanes of at least 4 members (excludes halogenated alkanes) is 12. The molecule has 0 N–H and O–H groups in total. The standard InChI is InChI=1S/C16H29S.3C4H9.Sn/c1-2-3-4-5-6-7-8-9-10-11-13-16-14-12-15-17-16;3*1-3-4-2;/h12,15H,2-11,13-14H2,1H3;3*1,3-4H2,2H3;. The summed E-state index contributed by atoms with van der Waals surface area (Å²) in [4.78, 5) is 0. The van der Waals surface area contributed by atoms with Crippen molar-refractivity contribution in [3.05, 3.63) is 11.5 Å². The van der Waals surface area contributed by atoms with Crippen LogP contribution in [0.3, 0.4) is 0 Å². The van der Waals surface area contributed by atoms with E-state index in [1.165, 1.54) is 109 Å². The van der Waals surface area contributed by atoms with E-state index in [4.69, 9.17) is 0 Å². The summed E-state index contributed by atoms with van der Waals surface area (Å²) in [6.45, 7) is 9.58. The predicted molar refractivity (Wildman–Crippen MR) is 145 cm³/mol. The van der Waals surface area contributed by atoms with Crippen molar-refractivity contribution in [2.75, 3.05) is 0 Å². The Balaban J connectivity index is 2.59. The van der Waals surface area contributed by atoms with Crippen LogP contribution in [0.1, 0.15) is 143 Å². The Hall–Kier alpha value is 0.889. The summed E-state index contributed by atoms with van der Waals surface area (Å²) < 4.78 is 5.75. The molecule has 0 aliphatic carbocycles.